The molecule has 0 aliphatic heterocycles. The third kappa shape index (κ3) is 5.69. The molecule has 0 unspecified atom stereocenters. The van der Waals surface area contributed by atoms with Crippen LogP contribution in [-0.2, 0) is 27.0 Å². The number of para-hydroxylation sites is 1. The minimum absolute atomic E-state index is 0.0191. The quantitative estimate of drug-likeness (QED) is 0.581. The standard InChI is InChI=1S/C26H33N3O3/c1-25(2,3)19-11-12-22(20(15-19)26(4,5)6)32-17-24(31)28-27-23(30)16-29-14-13-18-9-7-8-10-21(18)29/h7-15H,16-17H2,1-6H3,(H,27,30)(H,28,31). The highest BCUT2D eigenvalue weighted by Crippen LogP contribution is 2.35. The summed E-state index contributed by atoms with van der Waals surface area (Å²) >= 11 is 0. The molecule has 0 radical (unpaired) electrons. The molecule has 0 saturated heterocycles. The zero-order chi connectivity index (χ0) is 23.5. The van der Waals surface area contributed by atoms with Gasteiger partial charge in [-0.05, 0) is 45.5 Å². The van der Waals surface area contributed by atoms with Crippen molar-refractivity contribution in [3.63, 3.8) is 0 Å². The molecular formula is C26H33N3O3. The van der Waals surface area contributed by atoms with Crippen LogP contribution in [0.5, 0.6) is 5.75 Å². The Morgan fingerprint density at radius 3 is 2.25 bits per heavy atom. The van der Waals surface area contributed by atoms with Crippen LogP contribution < -0.4 is 15.6 Å². The topological polar surface area (TPSA) is 72.4 Å². The average molecular weight is 436 g/mol. The summed E-state index contributed by atoms with van der Waals surface area (Å²) in [5.41, 5.74) is 7.99. The average Bonchev–Trinajstić information content (AvgIpc) is 3.12. The Balaban J connectivity index is 1.57. The van der Waals surface area contributed by atoms with Gasteiger partial charge in [0.25, 0.3) is 11.8 Å². The maximum absolute atomic E-state index is 12.3. The van der Waals surface area contributed by atoms with Crippen LogP contribution in [0.15, 0.2) is 54.7 Å². The van der Waals surface area contributed by atoms with Gasteiger partial charge in [0.15, 0.2) is 6.61 Å². The lowest BCUT2D eigenvalue weighted by atomic mass is 9.80. The Bertz CT molecular complexity index is 1120. The summed E-state index contributed by atoms with van der Waals surface area (Å²) in [5.74, 6) is -0.0640. The second kappa shape index (κ2) is 9.07. The highest BCUT2D eigenvalue weighted by atomic mass is 16.5. The number of aromatic nitrogens is 1. The molecule has 6 nitrogen and oxygen atoms in total. The van der Waals surface area contributed by atoms with Gasteiger partial charge in [0.05, 0.1) is 0 Å². The van der Waals surface area contributed by atoms with Gasteiger partial charge in [0.2, 0.25) is 0 Å². The molecule has 3 aromatic rings. The number of benzene rings is 2. The first kappa shape index (κ1) is 23.4. The van der Waals surface area contributed by atoms with Gasteiger partial charge in [0, 0.05) is 11.7 Å². The molecule has 6 heteroatoms. The second-order valence-electron chi connectivity index (χ2n) is 10.1. The van der Waals surface area contributed by atoms with E-state index in [0.29, 0.717) is 5.75 Å². The third-order valence-corrected chi connectivity index (χ3v) is 5.35. The van der Waals surface area contributed by atoms with E-state index in [0.717, 1.165) is 16.5 Å². The number of nitrogens with zero attached hydrogens (tertiary/aromatic N) is 1. The van der Waals surface area contributed by atoms with E-state index in [-0.39, 0.29) is 29.9 Å². The van der Waals surface area contributed by atoms with E-state index in [1.54, 1.807) is 0 Å². The Morgan fingerprint density at radius 1 is 0.875 bits per heavy atom. The number of amides is 2. The van der Waals surface area contributed by atoms with Crippen LogP contribution in [0.25, 0.3) is 10.9 Å². The van der Waals surface area contributed by atoms with E-state index in [1.165, 1.54) is 5.56 Å². The van der Waals surface area contributed by atoms with Crippen molar-refractivity contribution in [1.82, 2.24) is 15.4 Å². The molecule has 32 heavy (non-hydrogen) atoms. The molecule has 3 rings (SSSR count). The van der Waals surface area contributed by atoms with Gasteiger partial charge in [-0.15, -0.1) is 0 Å². The number of carbonyl (C=O) groups is 2. The number of ether oxygens (including phenoxy) is 1. The monoisotopic (exact) mass is 435 g/mol. The van der Waals surface area contributed by atoms with E-state index in [2.05, 4.69) is 58.5 Å². The molecule has 0 aliphatic carbocycles. The number of hydrazine groups is 1. The fraction of sp³-hybridized carbons (Fsp3) is 0.385. The van der Waals surface area contributed by atoms with Crippen LogP contribution in [0.3, 0.4) is 0 Å². The summed E-state index contributed by atoms with van der Waals surface area (Å²) in [6.07, 6.45) is 1.85. The molecule has 0 saturated carbocycles. The zero-order valence-electron chi connectivity index (χ0n) is 19.8. The molecule has 0 spiro atoms. The maximum atomic E-state index is 12.3. The van der Waals surface area contributed by atoms with Gasteiger partial charge in [-0.2, -0.15) is 0 Å². The van der Waals surface area contributed by atoms with Crippen LogP contribution in [0.4, 0.5) is 0 Å². The predicted octanol–water partition coefficient (Wildman–Crippen LogP) is 4.46. The van der Waals surface area contributed by atoms with Gasteiger partial charge in [-0.1, -0.05) is 71.9 Å². The molecule has 1 heterocycles. The fourth-order valence-corrected chi connectivity index (χ4v) is 3.50. The number of carbonyl (C=O) groups excluding carboxylic acids is 2. The van der Waals surface area contributed by atoms with Crippen LogP contribution in [0, 0.1) is 0 Å². The van der Waals surface area contributed by atoms with Crippen molar-refractivity contribution in [3.8, 4) is 5.75 Å². The van der Waals surface area contributed by atoms with Gasteiger partial charge in [-0.3, -0.25) is 20.4 Å². The van der Waals surface area contributed by atoms with Crippen molar-refractivity contribution in [2.75, 3.05) is 6.61 Å². The summed E-state index contributed by atoms with van der Waals surface area (Å²) in [6, 6.07) is 15.9. The van der Waals surface area contributed by atoms with Crippen LogP contribution in [0.1, 0.15) is 52.7 Å². The first-order valence-corrected chi connectivity index (χ1v) is 10.8. The summed E-state index contributed by atoms with van der Waals surface area (Å²) in [4.78, 5) is 24.5. The predicted molar refractivity (Wildman–Crippen MR) is 128 cm³/mol. The number of fused-ring (bicyclic) bond motifs is 1. The van der Waals surface area contributed by atoms with Crippen molar-refractivity contribution in [2.45, 2.75) is 58.9 Å². The van der Waals surface area contributed by atoms with Crippen LogP contribution in [0.2, 0.25) is 0 Å². The summed E-state index contributed by atoms with van der Waals surface area (Å²) in [7, 11) is 0. The van der Waals surface area contributed by atoms with E-state index in [9.17, 15) is 9.59 Å². The van der Waals surface area contributed by atoms with Crippen LogP contribution >= 0.6 is 0 Å². The summed E-state index contributed by atoms with van der Waals surface area (Å²) in [6.45, 7) is 12.8. The zero-order valence-corrected chi connectivity index (χ0v) is 19.8. The van der Waals surface area contributed by atoms with E-state index < -0.39 is 5.91 Å². The minimum atomic E-state index is -0.421. The highest BCUT2D eigenvalue weighted by molar-refractivity contribution is 5.85. The number of nitrogens with one attached hydrogen (secondary N) is 2. The Morgan fingerprint density at radius 2 is 1.56 bits per heavy atom. The number of hydrogen-bond donors (Lipinski definition) is 2. The van der Waals surface area contributed by atoms with Crippen molar-refractivity contribution >= 4 is 22.7 Å². The summed E-state index contributed by atoms with van der Waals surface area (Å²) < 4.78 is 7.65. The SMILES string of the molecule is CC(C)(C)c1ccc(OCC(=O)NNC(=O)Cn2ccc3ccccc32)c(C(C)(C)C)c1. The molecular weight excluding hydrogens is 402 g/mol. The Hall–Kier alpha value is -3.28. The van der Waals surface area contributed by atoms with Crippen molar-refractivity contribution in [3.05, 3.63) is 65.9 Å². The van der Waals surface area contributed by atoms with Gasteiger partial charge < -0.3 is 9.30 Å². The lowest BCUT2D eigenvalue weighted by Gasteiger charge is -2.27. The van der Waals surface area contributed by atoms with Gasteiger partial charge in [0.1, 0.15) is 12.3 Å². The first-order valence-electron chi connectivity index (χ1n) is 10.8. The highest BCUT2D eigenvalue weighted by Gasteiger charge is 2.23. The normalized spacial score (nSPS) is 11.9. The Kier molecular flexibility index (Phi) is 6.63. The molecule has 0 atom stereocenters. The van der Waals surface area contributed by atoms with Gasteiger partial charge >= 0.3 is 0 Å². The van der Waals surface area contributed by atoms with E-state index in [4.69, 9.17) is 4.74 Å². The van der Waals surface area contributed by atoms with E-state index >= 15 is 0 Å². The van der Waals surface area contributed by atoms with Crippen LogP contribution in [-0.4, -0.2) is 23.0 Å². The van der Waals surface area contributed by atoms with Crippen molar-refractivity contribution in [1.29, 1.82) is 0 Å². The summed E-state index contributed by atoms with van der Waals surface area (Å²) in [5, 5.41) is 1.06. The maximum Gasteiger partial charge on any atom is 0.276 e. The largest absolute Gasteiger partial charge is 0.483 e. The third-order valence-electron chi connectivity index (χ3n) is 5.35. The number of rotatable bonds is 5. The lowest BCUT2D eigenvalue weighted by Crippen LogP contribution is -2.45. The molecule has 170 valence electrons. The molecule has 0 aliphatic rings. The van der Waals surface area contributed by atoms with Gasteiger partial charge in [-0.25, -0.2) is 0 Å². The smallest absolute Gasteiger partial charge is 0.276 e. The molecule has 0 bridgehead atoms. The molecule has 1 aromatic heterocycles. The van der Waals surface area contributed by atoms with Crippen molar-refractivity contribution < 1.29 is 14.3 Å². The second-order valence-corrected chi connectivity index (χ2v) is 10.1. The molecule has 0 fully saturated rings. The molecule has 2 N–H and O–H groups in total. The lowest BCUT2D eigenvalue weighted by molar-refractivity contribution is -0.130. The van der Waals surface area contributed by atoms with E-state index in [1.807, 2.05) is 53.2 Å². The first-order chi connectivity index (χ1) is 14.9. The van der Waals surface area contributed by atoms with Crippen molar-refractivity contribution in [2.24, 2.45) is 0 Å². The fourth-order valence-electron chi connectivity index (χ4n) is 3.50. The number of hydrogen-bond acceptors (Lipinski definition) is 3. The Labute approximate surface area is 189 Å². The minimum Gasteiger partial charge on any atom is -0.483 e. The molecule has 2 amide bonds. The molecule has 2 aromatic carbocycles.